The molecule has 0 aliphatic carbocycles. The number of benzene rings is 4. The summed E-state index contributed by atoms with van der Waals surface area (Å²) in [5.41, 5.74) is 3.20. The lowest BCUT2D eigenvalue weighted by atomic mass is 10.1. The minimum Gasteiger partial charge on any atom is -0.322 e. The van der Waals surface area contributed by atoms with Crippen molar-refractivity contribution < 1.29 is 13.2 Å². The molecule has 0 aliphatic rings. The molecule has 0 saturated heterocycles. The van der Waals surface area contributed by atoms with E-state index >= 15 is 0 Å². The summed E-state index contributed by atoms with van der Waals surface area (Å²) in [4.78, 5) is 14.0. The van der Waals surface area contributed by atoms with E-state index in [1.165, 1.54) is 4.31 Å². The second-order valence-corrected chi connectivity index (χ2v) is 11.3. The molecule has 0 bridgehead atoms. The number of halogens is 1. The second kappa shape index (κ2) is 11.2. The van der Waals surface area contributed by atoms with Crippen LogP contribution in [0.3, 0.4) is 0 Å². The van der Waals surface area contributed by atoms with Gasteiger partial charge in [-0.25, -0.2) is 8.42 Å². The predicted octanol–water partition coefficient (Wildman–Crippen LogP) is 7.02. The van der Waals surface area contributed by atoms with Gasteiger partial charge in [-0.2, -0.15) is 0 Å². The third kappa shape index (κ3) is 5.93. The third-order valence-electron chi connectivity index (χ3n) is 5.64. The van der Waals surface area contributed by atoms with E-state index in [0.29, 0.717) is 22.0 Å². The standard InChI is InChI=1S/C28H25ClN2O3S2/c1-20-11-16-23(29)17-27(20)31(36(33,34)26-9-4-3-5-10-26)19-21-12-14-22(15-13-21)28(32)30-24-7-6-8-25(18-24)35-2/h3-18H,19H2,1-2H3,(H,30,32). The molecular formula is C28H25ClN2O3S2. The van der Waals surface area contributed by atoms with Crippen LogP contribution in [0.2, 0.25) is 5.02 Å². The number of hydrogen-bond donors (Lipinski definition) is 1. The quantitative estimate of drug-likeness (QED) is 0.246. The van der Waals surface area contributed by atoms with E-state index in [2.05, 4.69) is 5.32 Å². The number of rotatable bonds is 8. The fraction of sp³-hybridized carbons (Fsp3) is 0.107. The molecule has 0 saturated carbocycles. The number of sulfonamides is 1. The number of nitrogens with one attached hydrogen (secondary N) is 1. The molecule has 4 aromatic rings. The predicted molar refractivity (Wildman–Crippen MR) is 149 cm³/mol. The summed E-state index contributed by atoms with van der Waals surface area (Å²) in [5.74, 6) is -0.237. The van der Waals surface area contributed by atoms with Crippen LogP contribution >= 0.6 is 23.4 Å². The number of thioether (sulfide) groups is 1. The molecule has 0 atom stereocenters. The summed E-state index contributed by atoms with van der Waals surface area (Å²) in [5, 5.41) is 3.35. The number of carbonyl (C=O) groups is 1. The molecule has 8 heteroatoms. The molecular weight excluding hydrogens is 512 g/mol. The maximum absolute atomic E-state index is 13.6. The summed E-state index contributed by atoms with van der Waals surface area (Å²) >= 11 is 7.83. The van der Waals surface area contributed by atoms with Crippen LogP contribution in [0.15, 0.2) is 107 Å². The highest BCUT2D eigenvalue weighted by atomic mass is 35.5. The normalized spacial score (nSPS) is 11.2. The number of carbonyl (C=O) groups excluding carboxylic acids is 1. The fourth-order valence-corrected chi connectivity index (χ4v) is 5.86. The van der Waals surface area contributed by atoms with E-state index in [1.54, 1.807) is 84.6 Å². The Morgan fingerprint density at radius 3 is 2.33 bits per heavy atom. The summed E-state index contributed by atoms with van der Waals surface area (Å²) < 4.78 is 28.7. The summed E-state index contributed by atoms with van der Waals surface area (Å²) in [6, 6.07) is 28.0. The molecule has 0 radical (unpaired) electrons. The Morgan fingerprint density at radius 1 is 0.917 bits per heavy atom. The number of amides is 1. The van der Waals surface area contributed by atoms with Gasteiger partial charge >= 0.3 is 0 Å². The lowest BCUT2D eigenvalue weighted by molar-refractivity contribution is 0.102. The molecule has 4 aromatic carbocycles. The zero-order valence-corrected chi connectivity index (χ0v) is 22.2. The Kier molecular flexibility index (Phi) is 8.04. The van der Waals surface area contributed by atoms with E-state index < -0.39 is 10.0 Å². The van der Waals surface area contributed by atoms with Gasteiger partial charge in [0.1, 0.15) is 0 Å². The first-order chi connectivity index (χ1) is 17.3. The summed E-state index contributed by atoms with van der Waals surface area (Å²) in [6.07, 6.45) is 1.98. The molecule has 0 aliphatic heterocycles. The van der Waals surface area contributed by atoms with Gasteiger partial charge in [0.05, 0.1) is 17.1 Å². The van der Waals surface area contributed by atoms with Gasteiger partial charge in [-0.1, -0.05) is 54.1 Å². The highest BCUT2D eigenvalue weighted by Crippen LogP contribution is 2.31. The molecule has 0 heterocycles. The van der Waals surface area contributed by atoms with Crippen molar-refractivity contribution in [2.45, 2.75) is 23.3 Å². The number of nitrogens with zero attached hydrogens (tertiary/aromatic N) is 1. The Morgan fingerprint density at radius 2 is 1.64 bits per heavy atom. The van der Waals surface area contributed by atoms with Crippen LogP contribution in [0.25, 0.3) is 0 Å². The van der Waals surface area contributed by atoms with Crippen LogP contribution in [0.4, 0.5) is 11.4 Å². The average Bonchev–Trinajstić information content (AvgIpc) is 2.89. The first-order valence-electron chi connectivity index (χ1n) is 11.2. The Bertz CT molecular complexity index is 1470. The van der Waals surface area contributed by atoms with Crippen molar-refractivity contribution in [1.82, 2.24) is 0 Å². The second-order valence-electron chi connectivity index (χ2n) is 8.14. The monoisotopic (exact) mass is 536 g/mol. The molecule has 0 aromatic heterocycles. The molecule has 184 valence electrons. The average molecular weight is 537 g/mol. The van der Waals surface area contributed by atoms with Gasteiger partial charge in [-0.15, -0.1) is 11.8 Å². The van der Waals surface area contributed by atoms with Gasteiger partial charge in [0, 0.05) is 21.2 Å². The van der Waals surface area contributed by atoms with Crippen LogP contribution < -0.4 is 9.62 Å². The van der Waals surface area contributed by atoms with Crippen molar-refractivity contribution in [3.63, 3.8) is 0 Å². The van der Waals surface area contributed by atoms with E-state index in [-0.39, 0.29) is 17.3 Å². The number of anilines is 2. The van der Waals surface area contributed by atoms with E-state index in [4.69, 9.17) is 11.6 Å². The maximum atomic E-state index is 13.6. The maximum Gasteiger partial charge on any atom is 0.264 e. The largest absolute Gasteiger partial charge is 0.322 e. The lowest BCUT2D eigenvalue weighted by Crippen LogP contribution is -2.31. The van der Waals surface area contributed by atoms with Crippen LogP contribution in [-0.2, 0) is 16.6 Å². The zero-order valence-electron chi connectivity index (χ0n) is 19.8. The topological polar surface area (TPSA) is 66.5 Å². The van der Waals surface area contributed by atoms with E-state index in [9.17, 15) is 13.2 Å². The van der Waals surface area contributed by atoms with E-state index in [0.717, 1.165) is 16.0 Å². The molecule has 36 heavy (non-hydrogen) atoms. The van der Waals surface area contributed by atoms with E-state index in [1.807, 2.05) is 37.4 Å². The van der Waals surface area contributed by atoms with Gasteiger partial charge < -0.3 is 5.32 Å². The van der Waals surface area contributed by atoms with Gasteiger partial charge in [-0.3, -0.25) is 9.10 Å². The molecule has 4 rings (SSSR count). The Balaban J connectivity index is 1.62. The third-order valence-corrected chi connectivity index (χ3v) is 8.38. The molecule has 0 spiro atoms. The lowest BCUT2D eigenvalue weighted by Gasteiger charge is -2.26. The van der Waals surface area contributed by atoms with Crippen molar-refractivity contribution in [3.8, 4) is 0 Å². The van der Waals surface area contributed by atoms with Crippen LogP contribution in [0.5, 0.6) is 0 Å². The Labute approximate surface area is 221 Å². The molecule has 1 N–H and O–H groups in total. The first kappa shape index (κ1) is 25.8. The first-order valence-corrected chi connectivity index (χ1v) is 14.2. The SMILES string of the molecule is CSc1cccc(NC(=O)c2ccc(CN(c3cc(Cl)ccc3C)S(=O)(=O)c3ccccc3)cc2)c1. The molecule has 5 nitrogen and oxygen atoms in total. The smallest absolute Gasteiger partial charge is 0.264 e. The van der Waals surface area contributed by atoms with Gasteiger partial charge in [-0.05, 0) is 78.9 Å². The number of aryl methyl sites for hydroxylation is 1. The van der Waals surface area contributed by atoms with Crippen molar-refractivity contribution in [1.29, 1.82) is 0 Å². The van der Waals surface area contributed by atoms with Gasteiger partial charge in [0.2, 0.25) is 0 Å². The van der Waals surface area contributed by atoms with Crippen LogP contribution in [0.1, 0.15) is 21.5 Å². The fourth-order valence-electron chi connectivity index (χ4n) is 3.70. The van der Waals surface area contributed by atoms with Crippen molar-refractivity contribution in [2.24, 2.45) is 0 Å². The van der Waals surface area contributed by atoms with Crippen LogP contribution in [-0.4, -0.2) is 20.6 Å². The molecule has 0 unspecified atom stereocenters. The van der Waals surface area contributed by atoms with Crippen molar-refractivity contribution >= 4 is 50.7 Å². The highest BCUT2D eigenvalue weighted by Gasteiger charge is 2.26. The van der Waals surface area contributed by atoms with Gasteiger partial charge in [0.25, 0.3) is 15.9 Å². The summed E-state index contributed by atoms with van der Waals surface area (Å²) in [7, 11) is -3.87. The number of hydrogen-bond acceptors (Lipinski definition) is 4. The minimum atomic E-state index is -3.87. The Hall–Kier alpha value is -3.26. The molecule has 1 amide bonds. The minimum absolute atomic E-state index is 0.0794. The zero-order chi connectivity index (χ0) is 25.7. The van der Waals surface area contributed by atoms with Crippen molar-refractivity contribution in [2.75, 3.05) is 15.9 Å². The highest BCUT2D eigenvalue weighted by molar-refractivity contribution is 7.98. The summed E-state index contributed by atoms with van der Waals surface area (Å²) in [6.45, 7) is 1.93. The van der Waals surface area contributed by atoms with Gasteiger partial charge in [0.15, 0.2) is 0 Å². The van der Waals surface area contributed by atoms with Crippen LogP contribution in [0, 0.1) is 6.92 Å². The van der Waals surface area contributed by atoms with Crippen molar-refractivity contribution in [3.05, 3.63) is 119 Å². The molecule has 0 fully saturated rings.